The van der Waals surface area contributed by atoms with Crippen LogP contribution in [0.25, 0.3) is 0 Å². The topological polar surface area (TPSA) is 29.3 Å². The van der Waals surface area contributed by atoms with E-state index in [0.717, 1.165) is 30.8 Å². The van der Waals surface area contributed by atoms with Crippen LogP contribution < -0.4 is 10.6 Å². The summed E-state index contributed by atoms with van der Waals surface area (Å²) < 4.78 is 13.7. The highest BCUT2D eigenvalue weighted by atomic mass is 79.9. The van der Waals surface area contributed by atoms with E-state index in [1.165, 1.54) is 17.3 Å². The first-order valence-corrected chi connectivity index (χ1v) is 7.00. The van der Waals surface area contributed by atoms with Crippen LogP contribution in [0.3, 0.4) is 0 Å². The summed E-state index contributed by atoms with van der Waals surface area (Å²) in [5.41, 5.74) is 10.2. The maximum Gasteiger partial charge on any atom is 0.137 e. The molecule has 98 valence electrons. The number of anilines is 2. The van der Waals surface area contributed by atoms with E-state index in [9.17, 15) is 4.39 Å². The zero-order valence-electron chi connectivity index (χ0n) is 10.4. The number of halogens is 2. The van der Waals surface area contributed by atoms with Crippen molar-refractivity contribution >= 4 is 27.3 Å². The molecule has 0 radical (unpaired) electrons. The first kappa shape index (κ1) is 12.5. The van der Waals surface area contributed by atoms with Crippen molar-refractivity contribution < 1.29 is 4.39 Å². The van der Waals surface area contributed by atoms with Crippen LogP contribution in [0.1, 0.15) is 11.1 Å². The number of hydrogen-bond donors (Lipinski definition) is 1. The van der Waals surface area contributed by atoms with Crippen molar-refractivity contribution in [1.82, 2.24) is 0 Å². The van der Waals surface area contributed by atoms with Crippen molar-refractivity contribution in [3.05, 3.63) is 57.8 Å². The maximum atomic E-state index is 13.2. The Morgan fingerprint density at radius 3 is 2.84 bits per heavy atom. The van der Waals surface area contributed by atoms with Crippen molar-refractivity contribution in [2.75, 3.05) is 17.2 Å². The minimum atomic E-state index is -0.227. The van der Waals surface area contributed by atoms with E-state index in [0.29, 0.717) is 4.47 Å². The predicted octanol–water partition coefficient (Wildman–Crippen LogP) is 3.73. The van der Waals surface area contributed by atoms with Crippen LogP contribution in [-0.2, 0) is 13.0 Å². The molecule has 4 heteroatoms. The van der Waals surface area contributed by atoms with E-state index in [1.807, 2.05) is 24.3 Å². The molecule has 0 bridgehead atoms. The minimum Gasteiger partial charge on any atom is -0.399 e. The first-order chi connectivity index (χ1) is 9.13. The van der Waals surface area contributed by atoms with Gasteiger partial charge in [-0.05, 0) is 57.7 Å². The van der Waals surface area contributed by atoms with E-state index in [1.54, 1.807) is 0 Å². The molecule has 1 aliphatic heterocycles. The summed E-state index contributed by atoms with van der Waals surface area (Å²) in [7, 11) is 0. The van der Waals surface area contributed by atoms with E-state index in [-0.39, 0.29) is 5.82 Å². The van der Waals surface area contributed by atoms with E-state index in [4.69, 9.17) is 5.73 Å². The van der Waals surface area contributed by atoms with Gasteiger partial charge in [-0.15, -0.1) is 0 Å². The molecule has 1 aliphatic rings. The largest absolute Gasteiger partial charge is 0.399 e. The molecule has 0 aliphatic carbocycles. The van der Waals surface area contributed by atoms with Gasteiger partial charge < -0.3 is 10.6 Å². The molecular formula is C15H14BrFN2. The Kier molecular flexibility index (Phi) is 3.19. The van der Waals surface area contributed by atoms with Gasteiger partial charge in [-0.3, -0.25) is 0 Å². The van der Waals surface area contributed by atoms with Gasteiger partial charge in [0, 0.05) is 24.5 Å². The molecule has 0 saturated heterocycles. The highest BCUT2D eigenvalue weighted by Crippen LogP contribution is 2.31. The lowest BCUT2D eigenvalue weighted by molar-refractivity contribution is 0.620. The van der Waals surface area contributed by atoms with Crippen molar-refractivity contribution in [2.24, 2.45) is 0 Å². The smallest absolute Gasteiger partial charge is 0.137 e. The SMILES string of the molecule is Nc1ccc2c(c1)N(Cc1ccc(F)c(Br)c1)CC2. The second-order valence-corrected chi connectivity index (χ2v) is 5.66. The Hall–Kier alpha value is -1.55. The van der Waals surface area contributed by atoms with Crippen molar-refractivity contribution in [3.63, 3.8) is 0 Å². The van der Waals surface area contributed by atoms with Gasteiger partial charge in [0.15, 0.2) is 0 Å². The van der Waals surface area contributed by atoms with Crippen molar-refractivity contribution in [3.8, 4) is 0 Å². The third-order valence-corrected chi connectivity index (χ3v) is 4.07. The highest BCUT2D eigenvalue weighted by molar-refractivity contribution is 9.10. The molecule has 0 saturated carbocycles. The fourth-order valence-corrected chi connectivity index (χ4v) is 2.91. The fourth-order valence-electron chi connectivity index (χ4n) is 2.49. The van der Waals surface area contributed by atoms with Gasteiger partial charge in [-0.1, -0.05) is 12.1 Å². The summed E-state index contributed by atoms with van der Waals surface area (Å²) in [6.45, 7) is 1.75. The molecule has 2 aromatic carbocycles. The van der Waals surface area contributed by atoms with Gasteiger partial charge in [0.1, 0.15) is 5.82 Å². The second kappa shape index (κ2) is 4.85. The number of fused-ring (bicyclic) bond motifs is 1. The average Bonchev–Trinajstić information content (AvgIpc) is 2.77. The zero-order valence-corrected chi connectivity index (χ0v) is 12.0. The van der Waals surface area contributed by atoms with Crippen LogP contribution in [0.4, 0.5) is 15.8 Å². The number of nitrogen functional groups attached to an aromatic ring is 1. The quantitative estimate of drug-likeness (QED) is 0.854. The molecule has 0 amide bonds. The van der Waals surface area contributed by atoms with Crippen LogP contribution in [0, 0.1) is 5.82 Å². The number of benzene rings is 2. The van der Waals surface area contributed by atoms with Crippen LogP contribution >= 0.6 is 15.9 Å². The second-order valence-electron chi connectivity index (χ2n) is 4.81. The molecule has 0 fully saturated rings. The van der Waals surface area contributed by atoms with Crippen LogP contribution in [0.2, 0.25) is 0 Å². The molecule has 2 aromatic rings. The molecule has 0 unspecified atom stereocenters. The monoisotopic (exact) mass is 320 g/mol. The average molecular weight is 321 g/mol. The molecular weight excluding hydrogens is 307 g/mol. The molecule has 19 heavy (non-hydrogen) atoms. The van der Waals surface area contributed by atoms with Gasteiger partial charge in [0.05, 0.1) is 4.47 Å². The number of rotatable bonds is 2. The van der Waals surface area contributed by atoms with E-state index in [2.05, 4.69) is 26.9 Å². The maximum absolute atomic E-state index is 13.2. The summed E-state index contributed by atoms with van der Waals surface area (Å²) in [5, 5.41) is 0. The van der Waals surface area contributed by atoms with Gasteiger partial charge >= 0.3 is 0 Å². The summed E-state index contributed by atoms with van der Waals surface area (Å²) in [4.78, 5) is 2.28. The number of hydrogen-bond acceptors (Lipinski definition) is 2. The normalized spacial score (nSPS) is 13.7. The molecule has 1 heterocycles. The lowest BCUT2D eigenvalue weighted by atomic mass is 10.1. The Morgan fingerprint density at radius 1 is 1.21 bits per heavy atom. The molecule has 0 aromatic heterocycles. The Labute approximate surface area is 120 Å². The first-order valence-electron chi connectivity index (χ1n) is 6.21. The lowest BCUT2D eigenvalue weighted by Crippen LogP contribution is -2.19. The predicted molar refractivity (Wildman–Crippen MR) is 79.7 cm³/mol. The minimum absolute atomic E-state index is 0.227. The van der Waals surface area contributed by atoms with Crippen LogP contribution in [0.15, 0.2) is 40.9 Å². The van der Waals surface area contributed by atoms with Crippen LogP contribution in [-0.4, -0.2) is 6.54 Å². The van der Waals surface area contributed by atoms with Gasteiger partial charge in [0.25, 0.3) is 0 Å². The Balaban J connectivity index is 1.86. The van der Waals surface area contributed by atoms with Crippen LogP contribution in [0.5, 0.6) is 0 Å². The molecule has 0 spiro atoms. The number of nitrogens with two attached hydrogens (primary N) is 1. The Bertz CT molecular complexity index is 628. The van der Waals surface area contributed by atoms with Gasteiger partial charge in [-0.25, -0.2) is 4.39 Å². The molecule has 2 N–H and O–H groups in total. The molecule has 2 nitrogen and oxygen atoms in total. The fraction of sp³-hybridized carbons (Fsp3) is 0.200. The van der Waals surface area contributed by atoms with E-state index < -0.39 is 0 Å². The van der Waals surface area contributed by atoms with Crippen molar-refractivity contribution in [2.45, 2.75) is 13.0 Å². The third kappa shape index (κ3) is 2.45. The summed E-state index contributed by atoms with van der Waals surface area (Å²) in [5.74, 6) is -0.227. The van der Waals surface area contributed by atoms with Gasteiger partial charge in [0.2, 0.25) is 0 Å². The van der Waals surface area contributed by atoms with Crippen molar-refractivity contribution in [1.29, 1.82) is 0 Å². The van der Waals surface area contributed by atoms with E-state index >= 15 is 0 Å². The third-order valence-electron chi connectivity index (χ3n) is 3.46. The summed E-state index contributed by atoms with van der Waals surface area (Å²) in [6.07, 6.45) is 1.04. The summed E-state index contributed by atoms with van der Waals surface area (Å²) in [6, 6.07) is 11.2. The zero-order chi connectivity index (χ0) is 13.4. The lowest BCUT2D eigenvalue weighted by Gasteiger charge is -2.20. The molecule has 0 atom stereocenters. The Morgan fingerprint density at radius 2 is 2.05 bits per heavy atom. The highest BCUT2D eigenvalue weighted by Gasteiger charge is 2.19. The number of nitrogens with zero attached hydrogens (tertiary/aromatic N) is 1. The molecule has 3 rings (SSSR count). The standard InChI is InChI=1S/C15H14BrFN2/c16-13-7-10(1-4-14(13)17)9-19-6-5-11-2-3-12(18)8-15(11)19/h1-4,7-8H,5-6,9,18H2. The van der Waals surface area contributed by atoms with Gasteiger partial charge in [-0.2, -0.15) is 0 Å². The summed E-state index contributed by atoms with van der Waals surface area (Å²) >= 11 is 3.23.